The van der Waals surface area contributed by atoms with E-state index < -0.39 is 0 Å². The van der Waals surface area contributed by atoms with Crippen LogP contribution in [0.2, 0.25) is 5.02 Å². The van der Waals surface area contributed by atoms with E-state index in [1.807, 2.05) is 24.3 Å². The third-order valence-electron chi connectivity index (χ3n) is 2.19. The Bertz CT molecular complexity index is 648. The maximum Gasteiger partial charge on any atom is 0.272 e. The van der Waals surface area contributed by atoms with Gasteiger partial charge < -0.3 is 0 Å². The van der Waals surface area contributed by atoms with Gasteiger partial charge in [-0.2, -0.15) is 9.61 Å². The largest absolute Gasteiger partial charge is 0.272 e. The second kappa shape index (κ2) is 3.53. The van der Waals surface area contributed by atoms with Gasteiger partial charge in [0.2, 0.25) is 0 Å². The molecule has 0 radical (unpaired) electrons. The van der Waals surface area contributed by atoms with Gasteiger partial charge in [-0.25, -0.2) is 4.98 Å². The number of halogens is 1. The van der Waals surface area contributed by atoms with Crippen LogP contribution in [0.3, 0.4) is 0 Å². The van der Waals surface area contributed by atoms with Gasteiger partial charge in [0.1, 0.15) is 6.33 Å². The SMILES string of the molecule is Clc1ccccc1-c1cnn2cnnc2n1. The minimum absolute atomic E-state index is 0.456. The molecule has 0 N–H and O–H groups in total. The normalized spacial score (nSPS) is 10.8. The molecule has 0 spiro atoms. The molecule has 3 rings (SSSR count). The van der Waals surface area contributed by atoms with Crippen molar-refractivity contribution in [1.82, 2.24) is 24.8 Å². The zero-order valence-corrected chi connectivity index (χ0v) is 8.83. The van der Waals surface area contributed by atoms with Crippen LogP contribution in [0.5, 0.6) is 0 Å². The molecule has 0 unspecified atom stereocenters. The van der Waals surface area contributed by atoms with E-state index in [0.29, 0.717) is 16.5 Å². The van der Waals surface area contributed by atoms with Crippen molar-refractivity contribution in [3.05, 3.63) is 41.8 Å². The lowest BCUT2D eigenvalue weighted by Gasteiger charge is -2.01. The molecule has 0 saturated heterocycles. The topological polar surface area (TPSA) is 56.0 Å². The Kier molecular flexibility index (Phi) is 2.04. The molecular formula is C10H6ClN5. The molecule has 0 aliphatic carbocycles. The number of hydrogen-bond donors (Lipinski definition) is 0. The van der Waals surface area contributed by atoms with Crippen molar-refractivity contribution in [3.8, 4) is 11.3 Å². The molecule has 5 nitrogen and oxygen atoms in total. The molecule has 0 saturated carbocycles. The van der Waals surface area contributed by atoms with Crippen molar-refractivity contribution in [2.75, 3.05) is 0 Å². The molecular weight excluding hydrogens is 226 g/mol. The first kappa shape index (κ1) is 9.23. The predicted molar refractivity (Wildman–Crippen MR) is 59.0 cm³/mol. The third-order valence-corrected chi connectivity index (χ3v) is 2.52. The van der Waals surface area contributed by atoms with Crippen molar-refractivity contribution >= 4 is 17.4 Å². The molecule has 0 aliphatic heterocycles. The molecule has 0 fully saturated rings. The average Bonchev–Trinajstić information content (AvgIpc) is 2.76. The van der Waals surface area contributed by atoms with Crippen LogP contribution in [0.4, 0.5) is 0 Å². The highest BCUT2D eigenvalue weighted by atomic mass is 35.5. The van der Waals surface area contributed by atoms with E-state index in [1.54, 1.807) is 6.20 Å². The molecule has 0 atom stereocenters. The van der Waals surface area contributed by atoms with E-state index in [0.717, 1.165) is 5.56 Å². The maximum absolute atomic E-state index is 6.07. The summed E-state index contributed by atoms with van der Waals surface area (Å²) in [6.07, 6.45) is 3.14. The molecule has 0 amide bonds. The van der Waals surface area contributed by atoms with Gasteiger partial charge >= 0.3 is 0 Å². The van der Waals surface area contributed by atoms with Crippen LogP contribution in [0.1, 0.15) is 0 Å². The highest BCUT2D eigenvalue weighted by Gasteiger charge is 2.06. The lowest BCUT2D eigenvalue weighted by Crippen LogP contribution is -1.95. The lowest BCUT2D eigenvalue weighted by atomic mass is 10.2. The fourth-order valence-corrected chi connectivity index (χ4v) is 1.66. The van der Waals surface area contributed by atoms with Crippen molar-refractivity contribution in [2.24, 2.45) is 0 Å². The first-order valence-electron chi connectivity index (χ1n) is 4.62. The highest BCUT2D eigenvalue weighted by molar-refractivity contribution is 6.33. The summed E-state index contributed by atoms with van der Waals surface area (Å²) < 4.78 is 1.50. The minimum atomic E-state index is 0.456. The molecule has 1 aromatic carbocycles. The molecule has 3 aromatic rings. The predicted octanol–water partition coefficient (Wildman–Crippen LogP) is 1.84. The first-order valence-corrected chi connectivity index (χ1v) is 5.00. The number of benzene rings is 1. The van der Waals surface area contributed by atoms with E-state index in [2.05, 4.69) is 20.3 Å². The van der Waals surface area contributed by atoms with Crippen LogP contribution in [0.25, 0.3) is 17.0 Å². The van der Waals surface area contributed by atoms with Crippen LogP contribution < -0.4 is 0 Å². The number of fused-ring (bicyclic) bond motifs is 1. The van der Waals surface area contributed by atoms with Crippen molar-refractivity contribution in [1.29, 1.82) is 0 Å². The van der Waals surface area contributed by atoms with E-state index in [1.165, 1.54) is 10.8 Å². The lowest BCUT2D eigenvalue weighted by molar-refractivity contribution is 0.901. The average molecular weight is 232 g/mol. The molecule has 6 heteroatoms. The molecule has 0 aliphatic rings. The van der Waals surface area contributed by atoms with Crippen LogP contribution in [0, 0.1) is 0 Å². The number of aromatic nitrogens is 5. The van der Waals surface area contributed by atoms with Crippen LogP contribution >= 0.6 is 11.6 Å². The summed E-state index contributed by atoms with van der Waals surface area (Å²) >= 11 is 6.07. The number of hydrogen-bond acceptors (Lipinski definition) is 4. The number of nitrogens with zero attached hydrogens (tertiary/aromatic N) is 5. The second-order valence-electron chi connectivity index (χ2n) is 3.20. The van der Waals surface area contributed by atoms with Gasteiger partial charge in [-0.1, -0.05) is 29.8 Å². The highest BCUT2D eigenvalue weighted by Crippen LogP contribution is 2.25. The monoisotopic (exact) mass is 231 g/mol. The zero-order chi connectivity index (χ0) is 11.0. The Morgan fingerprint density at radius 1 is 1.19 bits per heavy atom. The molecule has 0 bridgehead atoms. The fourth-order valence-electron chi connectivity index (χ4n) is 1.43. The van der Waals surface area contributed by atoms with E-state index in [9.17, 15) is 0 Å². The summed E-state index contributed by atoms with van der Waals surface area (Å²) in [7, 11) is 0. The van der Waals surface area contributed by atoms with Crippen molar-refractivity contribution in [2.45, 2.75) is 0 Å². The molecule has 78 valence electrons. The van der Waals surface area contributed by atoms with Gasteiger partial charge in [0.15, 0.2) is 0 Å². The van der Waals surface area contributed by atoms with E-state index >= 15 is 0 Å². The minimum Gasteiger partial charge on any atom is -0.208 e. The molecule has 2 heterocycles. The van der Waals surface area contributed by atoms with Crippen molar-refractivity contribution in [3.63, 3.8) is 0 Å². The summed E-state index contributed by atoms with van der Waals surface area (Å²) in [5.74, 6) is 0.456. The first-order chi connectivity index (χ1) is 7.84. The molecule has 2 aromatic heterocycles. The second-order valence-corrected chi connectivity index (χ2v) is 3.60. The Labute approximate surface area is 95.7 Å². The Hall–Kier alpha value is -2.01. The van der Waals surface area contributed by atoms with Crippen LogP contribution in [0.15, 0.2) is 36.8 Å². The van der Waals surface area contributed by atoms with Gasteiger partial charge in [-0.05, 0) is 6.07 Å². The summed E-state index contributed by atoms with van der Waals surface area (Å²) in [5, 5.41) is 12.3. The summed E-state index contributed by atoms with van der Waals surface area (Å²) in [4.78, 5) is 4.31. The van der Waals surface area contributed by atoms with Gasteiger partial charge in [-0.3, -0.25) is 0 Å². The van der Waals surface area contributed by atoms with Gasteiger partial charge in [0.25, 0.3) is 5.78 Å². The van der Waals surface area contributed by atoms with E-state index in [-0.39, 0.29) is 0 Å². The quantitative estimate of drug-likeness (QED) is 0.641. The van der Waals surface area contributed by atoms with Crippen LogP contribution in [-0.2, 0) is 0 Å². The Morgan fingerprint density at radius 2 is 2.06 bits per heavy atom. The zero-order valence-electron chi connectivity index (χ0n) is 8.08. The summed E-state index contributed by atoms with van der Waals surface area (Å²) in [6.45, 7) is 0. The Balaban J connectivity index is 2.22. The summed E-state index contributed by atoms with van der Waals surface area (Å²) in [6, 6.07) is 7.47. The summed E-state index contributed by atoms with van der Waals surface area (Å²) in [5.41, 5.74) is 1.52. The van der Waals surface area contributed by atoms with Crippen molar-refractivity contribution < 1.29 is 0 Å². The van der Waals surface area contributed by atoms with Crippen LogP contribution in [-0.4, -0.2) is 24.8 Å². The molecule has 16 heavy (non-hydrogen) atoms. The Morgan fingerprint density at radius 3 is 2.94 bits per heavy atom. The number of rotatable bonds is 1. The fraction of sp³-hybridized carbons (Fsp3) is 0. The van der Waals surface area contributed by atoms with Gasteiger partial charge in [0.05, 0.1) is 16.9 Å². The standard InChI is InChI=1S/C10H6ClN5/c11-8-4-2-1-3-7(8)9-5-13-16-6-12-15-10(16)14-9/h1-6H. The third kappa shape index (κ3) is 1.42. The van der Waals surface area contributed by atoms with E-state index in [4.69, 9.17) is 11.6 Å². The maximum atomic E-state index is 6.07. The smallest absolute Gasteiger partial charge is 0.208 e. The van der Waals surface area contributed by atoms with Gasteiger partial charge in [-0.15, -0.1) is 10.2 Å². The van der Waals surface area contributed by atoms with Gasteiger partial charge in [0, 0.05) is 5.56 Å².